The number of carbonyl (C=O) groups is 1. The van der Waals surface area contributed by atoms with Gasteiger partial charge in [-0.3, -0.25) is 4.79 Å². The lowest BCUT2D eigenvalue weighted by Gasteiger charge is -2.04. The van der Waals surface area contributed by atoms with E-state index in [0.29, 0.717) is 13.1 Å². The first-order valence-electron chi connectivity index (χ1n) is 6.44. The Balaban J connectivity index is 1.77. The molecule has 19 heavy (non-hydrogen) atoms. The third kappa shape index (κ3) is 3.69. The van der Waals surface area contributed by atoms with Crippen molar-refractivity contribution in [3.05, 3.63) is 48.7 Å². The Morgan fingerprint density at radius 2 is 2.21 bits per heavy atom. The fourth-order valence-electron chi connectivity index (χ4n) is 2.01. The predicted octanol–water partition coefficient (Wildman–Crippen LogP) is 1.60. The van der Waals surface area contributed by atoms with E-state index in [0.717, 1.165) is 18.5 Å². The Kier molecular flexibility index (Phi) is 4.75. The summed E-state index contributed by atoms with van der Waals surface area (Å²) in [7, 11) is 0. The Morgan fingerprint density at radius 3 is 3.05 bits per heavy atom. The first kappa shape index (κ1) is 13.4. The van der Waals surface area contributed by atoms with Crippen LogP contribution in [0.2, 0.25) is 0 Å². The molecule has 2 rings (SSSR count). The van der Waals surface area contributed by atoms with E-state index in [2.05, 4.69) is 34.3 Å². The largest absolute Gasteiger partial charge is 0.361 e. The van der Waals surface area contributed by atoms with Gasteiger partial charge in [-0.1, -0.05) is 24.3 Å². The molecule has 4 nitrogen and oxygen atoms in total. The minimum Gasteiger partial charge on any atom is -0.361 e. The second kappa shape index (κ2) is 6.75. The van der Waals surface area contributed by atoms with Crippen molar-refractivity contribution in [2.24, 2.45) is 0 Å². The number of benzene rings is 1. The summed E-state index contributed by atoms with van der Waals surface area (Å²) in [5.74, 6) is -0.00109. The molecule has 1 aromatic heterocycles. The summed E-state index contributed by atoms with van der Waals surface area (Å²) in [4.78, 5) is 14.6. The first-order valence-corrected chi connectivity index (χ1v) is 6.44. The highest BCUT2D eigenvalue weighted by atomic mass is 16.1. The molecule has 0 spiro atoms. The molecule has 0 unspecified atom stereocenters. The van der Waals surface area contributed by atoms with E-state index >= 15 is 0 Å². The van der Waals surface area contributed by atoms with Gasteiger partial charge in [-0.25, -0.2) is 0 Å². The van der Waals surface area contributed by atoms with Gasteiger partial charge in [-0.15, -0.1) is 6.58 Å². The molecule has 0 fully saturated rings. The Morgan fingerprint density at radius 1 is 1.37 bits per heavy atom. The van der Waals surface area contributed by atoms with Gasteiger partial charge in [0.25, 0.3) is 0 Å². The topological polar surface area (TPSA) is 56.9 Å². The van der Waals surface area contributed by atoms with Crippen LogP contribution in [0.4, 0.5) is 0 Å². The number of nitrogens with one attached hydrogen (secondary N) is 3. The molecule has 0 radical (unpaired) electrons. The lowest BCUT2D eigenvalue weighted by atomic mass is 10.1. The second-order valence-electron chi connectivity index (χ2n) is 4.38. The number of hydrogen-bond donors (Lipinski definition) is 3. The van der Waals surface area contributed by atoms with Crippen molar-refractivity contribution in [2.75, 3.05) is 19.6 Å². The molecule has 0 aliphatic carbocycles. The van der Waals surface area contributed by atoms with Gasteiger partial charge in [0.2, 0.25) is 5.91 Å². The standard InChI is InChI=1S/C15H19N3O/c1-2-8-17-15(19)11-16-9-7-12-10-18-14-6-4-3-5-13(12)14/h2-6,10,16,18H,1,7-9,11H2,(H,17,19). The van der Waals surface area contributed by atoms with Gasteiger partial charge >= 0.3 is 0 Å². The van der Waals surface area contributed by atoms with Crippen molar-refractivity contribution in [2.45, 2.75) is 6.42 Å². The average Bonchev–Trinajstić information content (AvgIpc) is 2.85. The maximum atomic E-state index is 11.3. The van der Waals surface area contributed by atoms with Crippen LogP contribution in [0.25, 0.3) is 10.9 Å². The van der Waals surface area contributed by atoms with E-state index in [9.17, 15) is 4.79 Å². The fourth-order valence-corrected chi connectivity index (χ4v) is 2.01. The summed E-state index contributed by atoms with van der Waals surface area (Å²) in [5, 5.41) is 7.12. The Hall–Kier alpha value is -2.07. The monoisotopic (exact) mass is 257 g/mol. The van der Waals surface area contributed by atoms with Crippen molar-refractivity contribution in [1.82, 2.24) is 15.6 Å². The van der Waals surface area contributed by atoms with Gasteiger partial charge < -0.3 is 15.6 Å². The van der Waals surface area contributed by atoms with E-state index in [-0.39, 0.29) is 5.91 Å². The zero-order chi connectivity index (χ0) is 13.5. The fraction of sp³-hybridized carbons (Fsp3) is 0.267. The van der Waals surface area contributed by atoms with Crippen LogP contribution < -0.4 is 10.6 Å². The highest BCUT2D eigenvalue weighted by Gasteiger charge is 2.03. The van der Waals surface area contributed by atoms with Crippen LogP contribution in [0.1, 0.15) is 5.56 Å². The minimum absolute atomic E-state index is 0.00109. The van der Waals surface area contributed by atoms with Gasteiger partial charge in [0.15, 0.2) is 0 Å². The number of para-hydroxylation sites is 1. The van der Waals surface area contributed by atoms with Crippen molar-refractivity contribution >= 4 is 16.8 Å². The van der Waals surface area contributed by atoms with E-state index < -0.39 is 0 Å². The number of aromatic amines is 1. The Bertz CT molecular complexity index is 559. The summed E-state index contributed by atoms with van der Waals surface area (Å²) in [6.07, 6.45) is 4.60. The van der Waals surface area contributed by atoms with Crippen LogP contribution in [-0.4, -0.2) is 30.5 Å². The van der Waals surface area contributed by atoms with Crippen LogP contribution in [0.15, 0.2) is 43.1 Å². The molecular formula is C15H19N3O. The number of H-pyrrole nitrogens is 1. The minimum atomic E-state index is -0.00109. The van der Waals surface area contributed by atoms with E-state index in [1.807, 2.05) is 18.3 Å². The quantitative estimate of drug-likeness (QED) is 0.521. The highest BCUT2D eigenvalue weighted by Crippen LogP contribution is 2.17. The molecule has 2 aromatic rings. The summed E-state index contributed by atoms with van der Waals surface area (Å²) in [6, 6.07) is 8.23. The van der Waals surface area contributed by atoms with Crippen LogP contribution >= 0.6 is 0 Å². The summed E-state index contributed by atoms with van der Waals surface area (Å²) in [5.41, 5.74) is 2.43. The first-order chi connectivity index (χ1) is 9.31. The Labute approximate surface area is 112 Å². The molecule has 1 amide bonds. The van der Waals surface area contributed by atoms with Crippen molar-refractivity contribution in [3.63, 3.8) is 0 Å². The molecule has 0 aliphatic rings. The molecular weight excluding hydrogens is 238 g/mol. The predicted molar refractivity (Wildman–Crippen MR) is 78.1 cm³/mol. The van der Waals surface area contributed by atoms with Gasteiger partial charge in [-0.2, -0.15) is 0 Å². The molecule has 0 saturated heterocycles. The molecule has 0 saturated carbocycles. The van der Waals surface area contributed by atoms with E-state index in [1.165, 1.54) is 10.9 Å². The molecule has 1 aromatic carbocycles. The van der Waals surface area contributed by atoms with Gasteiger partial charge in [0, 0.05) is 23.6 Å². The van der Waals surface area contributed by atoms with Gasteiger partial charge in [-0.05, 0) is 24.6 Å². The highest BCUT2D eigenvalue weighted by molar-refractivity contribution is 5.83. The van der Waals surface area contributed by atoms with Crippen LogP contribution in [-0.2, 0) is 11.2 Å². The third-order valence-corrected chi connectivity index (χ3v) is 2.98. The van der Waals surface area contributed by atoms with Crippen LogP contribution in [0, 0.1) is 0 Å². The average molecular weight is 257 g/mol. The van der Waals surface area contributed by atoms with Crippen molar-refractivity contribution < 1.29 is 4.79 Å². The molecule has 3 N–H and O–H groups in total. The zero-order valence-corrected chi connectivity index (χ0v) is 10.9. The van der Waals surface area contributed by atoms with Crippen LogP contribution in [0.3, 0.4) is 0 Å². The number of rotatable bonds is 7. The third-order valence-electron chi connectivity index (χ3n) is 2.98. The SMILES string of the molecule is C=CCNC(=O)CNCCc1c[nH]c2ccccc12. The maximum Gasteiger partial charge on any atom is 0.234 e. The normalized spacial score (nSPS) is 10.5. The number of carbonyl (C=O) groups excluding carboxylic acids is 1. The van der Waals surface area contributed by atoms with Crippen molar-refractivity contribution in [1.29, 1.82) is 0 Å². The van der Waals surface area contributed by atoms with Crippen LogP contribution in [0.5, 0.6) is 0 Å². The molecule has 0 bridgehead atoms. The van der Waals surface area contributed by atoms with Gasteiger partial charge in [0.1, 0.15) is 0 Å². The van der Waals surface area contributed by atoms with Gasteiger partial charge in [0.05, 0.1) is 6.54 Å². The van der Waals surface area contributed by atoms with E-state index in [1.54, 1.807) is 6.08 Å². The number of aromatic nitrogens is 1. The zero-order valence-electron chi connectivity index (χ0n) is 10.9. The molecule has 1 heterocycles. The maximum absolute atomic E-state index is 11.3. The summed E-state index contributed by atoms with van der Waals surface area (Å²) < 4.78 is 0. The molecule has 100 valence electrons. The second-order valence-corrected chi connectivity index (χ2v) is 4.38. The number of hydrogen-bond acceptors (Lipinski definition) is 2. The molecule has 4 heteroatoms. The molecule has 0 aliphatic heterocycles. The lowest BCUT2D eigenvalue weighted by molar-refractivity contribution is -0.120. The summed E-state index contributed by atoms with van der Waals surface area (Å²) >= 11 is 0. The summed E-state index contributed by atoms with van der Waals surface area (Å²) in [6.45, 7) is 5.19. The smallest absolute Gasteiger partial charge is 0.234 e. The lowest BCUT2D eigenvalue weighted by Crippen LogP contribution is -2.34. The van der Waals surface area contributed by atoms with E-state index in [4.69, 9.17) is 0 Å². The number of fused-ring (bicyclic) bond motifs is 1. The van der Waals surface area contributed by atoms with Crippen molar-refractivity contribution in [3.8, 4) is 0 Å². The number of amides is 1. The molecule has 0 atom stereocenters.